The molecule has 2 heterocycles. The highest BCUT2D eigenvalue weighted by Crippen LogP contribution is 2.40. The number of rotatable bonds is 4. The highest BCUT2D eigenvalue weighted by molar-refractivity contribution is 5.97. The van der Waals surface area contributed by atoms with Gasteiger partial charge in [0.05, 0.1) is 5.56 Å². The Morgan fingerprint density at radius 1 is 1.19 bits per heavy atom. The Balaban J connectivity index is 1.42. The number of para-hydroxylation sites is 1. The number of hydrogen-bond acceptors (Lipinski definition) is 3. The maximum atomic E-state index is 12.7. The van der Waals surface area contributed by atoms with Crippen molar-refractivity contribution in [1.29, 1.82) is 0 Å². The van der Waals surface area contributed by atoms with Gasteiger partial charge in [0.25, 0.3) is 5.91 Å². The SMILES string of the molecule is C[C@@H]1Oc2c(C(=O)NCc3ccc(N4CCCC4=O)cc3)cccc2[C@@H]1C. The molecule has 0 bridgehead atoms. The summed E-state index contributed by atoms with van der Waals surface area (Å²) < 4.78 is 5.91. The van der Waals surface area contributed by atoms with Gasteiger partial charge in [0.2, 0.25) is 5.91 Å². The second kappa shape index (κ2) is 7.06. The lowest BCUT2D eigenvalue weighted by molar-refractivity contribution is -0.117. The monoisotopic (exact) mass is 364 g/mol. The maximum absolute atomic E-state index is 12.7. The lowest BCUT2D eigenvalue weighted by Crippen LogP contribution is -2.24. The first-order valence-electron chi connectivity index (χ1n) is 9.51. The minimum absolute atomic E-state index is 0.0785. The Bertz CT molecular complexity index is 876. The number of fused-ring (bicyclic) bond motifs is 1. The van der Waals surface area contributed by atoms with Crippen molar-refractivity contribution in [1.82, 2.24) is 5.32 Å². The van der Waals surface area contributed by atoms with Gasteiger partial charge < -0.3 is 15.0 Å². The normalized spacial score (nSPS) is 21.1. The van der Waals surface area contributed by atoms with Crippen LogP contribution >= 0.6 is 0 Å². The predicted molar refractivity (Wildman–Crippen MR) is 104 cm³/mol. The van der Waals surface area contributed by atoms with Crippen LogP contribution in [0.15, 0.2) is 42.5 Å². The highest BCUT2D eigenvalue weighted by Gasteiger charge is 2.31. The van der Waals surface area contributed by atoms with Crippen molar-refractivity contribution >= 4 is 17.5 Å². The van der Waals surface area contributed by atoms with Crippen molar-refractivity contribution in [2.45, 2.75) is 45.3 Å². The van der Waals surface area contributed by atoms with Crippen molar-refractivity contribution in [2.75, 3.05) is 11.4 Å². The molecule has 2 atom stereocenters. The first-order valence-corrected chi connectivity index (χ1v) is 9.51. The summed E-state index contributed by atoms with van der Waals surface area (Å²) in [5, 5.41) is 2.97. The van der Waals surface area contributed by atoms with Gasteiger partial charge >= 0.3 is 0 Å². The van der Waals surface area contributed by atoms with E-state index < -0.39 is 0 Å². The van der Waals surface area contributed by atoms with E-state index in [1.807, 2.05) is 48.2 Å². The number of benzene rings is 2. The Morgan fingerprint density at radius 2 is 1.96 bits per heavy atom. The zero-order chi connectivity index (χ0) is 19.0. The molecule has 5 nitrogen and oxygen atoms in total. The molecule has 2 aromatic carbocycles. The van der Waals surface area contributed by atoms with Crippen LogP contribution in [0.3, 0.4) is 0 Å². The van der Waals surface area contributed by atoms with E-state index in [1.54, 1.807) is 6.07 Å². The number of ether oxygens (including phenoxy) is 1. The Hall–Kier alpha value is -2.82. The van der Waals surface area contributed by atoms with E-state index in [-0.39, 0.29) is 23.8 Å². The number of carbonyl (C=O) groups excluding carboxylic acids is 2. The second-order valence-corrected chi connectivity index (χ2v) is 7.33. The number of hydrogen-bond donors (Lipinski definition) is 1. The van der Waals surface area contributed by atoms with Crippen LogP contribution < -0.4 is 15.0 Å². The van der Waals surface area contributed by atoms with E-state index in [0.717, 1.165) is 29.8 Å². The molecule has 2 aliphatic rings. The molecule has 0 saturated carbocycles. The highest BCUT2D eigenvalue weighted by atomic mass is 16.5. The van der Waals surface area contributed by atoms with Gasteiger partial charge in [-0.25, -0.2) is 0 Å². The molecule has 0 radical (unpaired) electrons. The maximum Gasteiger partial charge on any atom is 0.255 e. The van der Waals surface area contributed by atoms with Gasteiger partial charge in [-0.1, -0.05) is 31.2 Å². The molecule has 2 amide bonds. The predicted octanol–water partition coefficient (Wildman–Crippen LogP) is 3.63. The van der Waals surface area contributed by atoms with Gasteiger partial charge in [0.1, 0.15) is 11.9 Å². The molecule has 1 fully saturated rings. The molecule has 0 aliphatic carbocycles. The third-order valence-corrected chi connectivity index (χ3v) is 5.56. The molecule has 0 unspecified atom stereocenters. The van der Waals surface area contributed by atoms with Gasteiger partial charge in [-0.15, -0.1) is 0 Å². The van der Waals surface area contributed by atoms with Gasteiger partial charge in [0, 0.05) is 36.7 Å². The van der Waals surface area contributed by atoms with E-state index in [4.69, 9.17) is 4.74 Å². The smallest absolute Gasteiger partial charge is 0.255 e. The van der Waals surface area contributed by atoms with Crippen molar-refractivity contribution in [2.24, 2.45) is 0 Å². The summed E-state index contributed by atoms with van der Waals surface area (Å²) >= 11 is 0. The van der Waals surface area contributed by atoms with Gasteiger partial charge in [-0.2, -0.15) is 0 Å². The van der Waals surface area contributed by atoms with Gasteiger partial charge in [-0.05, 0) is 37.1 Å². The molecule has 140 valence electrons. The largest absolute Gasteiger partial charge is 0.489 e. The molecular weight excluding hydrogens is 340 g/mol. The fourth-order valence-electron chi connectivity index (χ4n) is 3.76. The van der Waals surface area contributed by atoms with Crippen molar-refractivity contribution in [3.05, 3.63) is 59.2 Å². The Labute approximate surface area is 159 Å². The molecule has 5 heteroatoms. The summed E-state index contributed by atoms with van der Waals surface area (Å²) in [6, 6.07) is 13.5. The average molecular weight is 364 g/mol. The van der Waals surface area contributed by atoms with Gasteiger partial charge in [0.15, 0.2) is 0 Å². The molecule has 2 aliphatic heterocycles. The summed E-state index contributed by atoms with van der Waals surface area (Å²) in [4.78, 5) is 26.3. The molecule has 0 aromatic heterocycles. The van der Waals surface area contributed by atoms with E-state index in [9.17, 15) is 9.59 Å². The summed E-state index contributed by atoms with van der Waals surface area (Å²) in [6.45, 7) is 5.36. The third-order valence-electron chi connectivity index (χ3n) is 5.56. The standard InChI is InChI=1S/C22H24N2O3/c1-14-15(2)27-21-18(14)5-3-6-19(21)22(26)23-13-16-8-10-17(11-9-16)24-12-4-7-20(24)25/h3,5-6,8-11,14-15H,4,7,12-13H2,1-2H3,(H,23,26)/t14-,15+/m1/s1. The van der Waals surface area contributed by atoms with Crippen LogP contribution in [-0.2, 0) is 11.3 Å². The molecule has 1 saturated heterocycles. The van der Waals surface area contributed by atoms with Crippen LogP contribution in [0.4, 0.5) is 5.69 Å². The lowest BCUT2D eigenvalue weighted by Gasteiger charge is -2.16. The van der Waals surface area contributed by atoms with Crippen molar-refractivity contribution < 1.29 is 14.3 Å². The number of carbonyl (C=O) groups is 2. The lowest BCUT2D eigenvalue weighted by atomic mass is 9.97. The zero-order valence-corrected chi connectivity index (χ0v) is 15.7. The average Bonchev–Trinajstić information content (AvgIpc) is 3.23. The van der Waals surface area contributed by atoms with E-state index in [2.05, 4.69) is 12.2 Å². The fraction of sp³-hybridized carbons (Fsp3) is 0.364. The number of nitrogens with one attached hydrogen (secondary N) is 1. The third kappa shape index (κ3) is 3.29. The van der Waals surface area contributed by atoms with Crippen LogP contribution in [-0.4, -0.2) is 24.5 Å². The second-order valence-electron chi connectivity index (χ2n) is 7.33. The molecular formula is C22H24N2O3. The molecule has 4 rings (SSSR count). The Morgan fingerprint density at radius 3 is 2.67 bits per heavy atom. The van der Waals surface area contributed by atoms with E-state index in [1.165, 1.54) is 0 Å². The Kier molecular flexibility index (Phi) is 4.60. The van der Waals surface area contributed by atoms with Crippen LogP contribution in [0.5, 0.6) is 5.75 Å². The summed E-state index contributed by atoms with van der Waals surface area (Å²) in [5.41, 5.74) is 3.59. The van der Waals surface area contributed by atoms with E-state index in [0.29, 0.717) is 24.3 Å². The number of amides is 2. The number of anilines is 1. The number of nitrogens with zero attached hydrogens (tertiary/aromatic N) is 1. The molecule has 27 heavy (non-hydrogen) atoms. The summed E-state index contributed by atoms with van der Waals surface area (Å²) in [6.07, 6.45) is 1.62. The van der Waals surface area contributed by atoms with Crippen molar-refractivity contribution in [3.8, 4) is 5.75 Å². The molecule has 0 spiro atoms. The van der Waals surface area contributed by atoms with Crippen molar-refractivity contribution in [3.63, 3.8) is 0 Å². The minimum Gasteiger partial charge on any atom is -0.489 e. The molecule has 1 N–H and O–H groups in total. The van der Waals surface area contributed by atoms with Crippen LogP contribution in [0.2, 0.25) is 0 Å². The topological polar surface area (TPSA) is 58.6 Å². The summed E-state index contributed by atoms with van der Waals surface area (Å²) in [5.74, 6) is 1.04. The first-order chi connectivity index (χ1) is 13.0. The van der Waals surface area contributed by atoms with Gasteiger partial charge in [-0.3, -0.25) is 9.59 Å². The van der Waals surface area contributed by atoms with E-state index >= 15 is 0 Å². The molecule has 2 aromatic rings. The van der Waals surface area contributed by atoms with Crippen LogP contribution in [0.1, 0.15) is 54.1 Å². The van der Waals surface area contributed by atoms with Crippen LogP contribution in [0, 0.1) is 0 Å². The quantitative estimate of drug-likeness (QED) is 0.901. The zero-order valence-electron chi connectivity index (χ0n) is 15.7. The van der Waals surface area contributed by atoms with Crippen LogP contribution in [0.25, 0.3) is 0 Å². The fourth-order valence-corrected chi connectivity index (χ4v) is 3.76. The summed E-state index contributed by atoms with van der Waals surface area (Å²) in [7, 11) is 0. The minimum atomic E-state index is -0.132. The first kappa shape index (κ1) is 17.6.